The minimum absolute atomic E-state index is 0.215. The minimum Gasteiger partial charge on any atom is -0.343 e. The lowest BCUT2D eigenvalue weighted by atomic mass is 10.0. The quantitative estimate of drug-likeness (QED) is 0.580. The van der Waals surface area contributed by atoms with Crippen LogP contribution in [0.1, 0.15) is 45.6 Å². The summed E-state index contributed by atoms with van der Waals surface area (Å²) in [6, 6.07) is 6.23. The van der Waals surface area contributed by atoms with Gasteiger partial charge in [0.2, 0.25) is 11.8 Å². The topological polar surface area (TPSA) is 95.7 Å². The van der Waals surface area contributed by atoms with Crippen LogP contribution in [-0.4, -0.2) is 64.9 Å². The Balaban J connectivity index is 2.21. The molecule has 0 aromatic heterocycles. The van der Waals surface area contributed by atoms with Crippen molar-refractivity contribution >= 4 is 17.7 Å². The number of benzene rings is 1. The molecule has 3 N–H and O–H groups in total. The van der Waals surface area contributed by atoms with Gasteiger partial charge in [-0.15, -0.1) is 0 Å². The number of alkyl halides is 3. The third kappa shape index (κ3) is 7.18. The average Bonchev–Trinajstić information content (AvgIpc) is 3.23. The Hall–Kier alpha value is -2.62. The third-order valence-corrected chi connectivity index (χ3v) is 5.84. The number of amides is 3. The summed E-state index contributed by atoms with van der Waals surface area (Å²) < 4.78 is 39.9. The molecule has 0 aliphatic carbocycles. The Bertz CT molecular complexity index is 817. The van der Waals surface area contributed by atoms with E-state index in [0.717, 1.165) is 4.90 Å². The van der Waals surface area contributed by atoms with E-state index in [1.807, 2.05) is 0 Å². The molecule has 0 radical (unpaired) electrons. The van der Waals surface area contributed by atoms with Gasteiger partial charge in [-0.05, 0) is 30.7 Å². The van der Waals surface area contributed by atoms with Crippen LogP contribution in [-0.2, 0) is 20.9 Å². The lowest BCUT2D eigenvalue weighted by Gasteiger charge is -2.34. The second-order valence-electron chi connectivity index (χ2n) is 8.74. The number of nitrogens with zero attached hydrogens (tertiary/aromatic N) is 2. The molecule has 0 unspecified atom stereocenters. The first-order valence-electron chi connectivity index (χ1n) is 11.2. The SMILES string of the molecule is CC[C@H](N)C(=O)N[C@H](C(=O)N1CCC[C@H]1CN(Cc1ccccc1)C(=O)C(F)(F)F)C(C)C. The second kappa shape index (κ2) is 11.5. The molecular weight excluding hydrogens is 437 g/mol. The van der Waals surface area contributed by atoms with E-state index in [1.165, 1.54) is 4.90 Å². The van der Waals surface area contributed by atoms with Gasteiger partial charge >= 0.3 is 12.1 Å². The van der Waals surface area contributed by atoms with E-state index in [-0.39, 0.29) is 24.9 Å². The van der Waals surface area contributed by atoms with Crippen molar-refractivity contribution in [3.05, 3.63) is 35.9 Å². The summed E-state index contributed by atoms with van der Waals surface area (Å²) in [5.74, 6) is -3.00. The summed E-state index contributed by atoms with van der Waals surface area (Å²) in [5.41, 5.74) is 6.33. The number of hydrogen-bond acceptors (Lipinski definition) is 4. The fraction of sp³-hybridized carbons (Fsp3) is 0.609. The normalized spacial score (nSPS) is 18.2. The van der Waals surface area contributed by atoms with Gasteiger partial charge in [0.15, 0.2) is 0 Å². The van der Waals surface area contributed by atoms with Crippen LogP contribution in [0.2, 0.25) is 0 Å². The highest BCUT2D eigenvalue weighted by molar-refractivity contribution is 5.90. The standard InChI is InChI=1S/C23H33F3N4O3/c1-4-18(27)20(31)28-19(15(2)3)21(32)30-12-8-11-17(30)14-29(22(33)23(24,25)26)13-16-9-6-5-7-10-16/h5-7,9-10,15,17-19H,4,8,11-14,27H2,1-3H3,(H,28,31)/t17-,18-,19-/m0/s1. The highest BCUT2D eigenvalue weighted by Gasteiger charge is 2.44. The highest BCUT2D eigenvalue weighted by Crippen LogP contribution is 2.25. The van der Waals surface area contributed by atoms with Gasteiger partial charge < -0.3 is 20.9 Å². The van der Waals surface area contributed by atoms with E-state index < -0.39 is 36.1 Å². The lowest BCUT2D eigenvalue weighted by Crippen LogP contribution is -2.57. The number of nitrogens with two attached hydrogens (primary N) is 1. The maximum absolute atomic E-state index is 13.3. The summed E-state index contributed by atoms with van der Waals surface area (Å²) in [6.07, 6.45) is -3.55. The largest absolute Gasteiger partial charge is 0.471 e. The van der Waals surface area contributed by atoms with E-state index in [4.69, 9.17) is 5.73 Å². The van der Waals surface area contributed by atoms with Crippen LogP contribution < -0.4 is 11.1 Å². The molecule has 10 heteroatoms. The molecule has 1 fully saturated rings. The van der Waals surface area contributed by atoms with Gasteiger partial charge in [-0.3, -0.25) is 14.4 Å². The highest BCUT2D eigenvalue weighted by atomic mass is 19.4. The molecule has 1 aliphatic rings. The summed E-state index contributed by atoms with van der Waals surface area (Å²) in [6.45, 7) is 5.20. The van der Waals surface area contributed by atoms with E-state index in [1.54, 1.807) is 51.1 Å². The predicted octanol–water partition coefficient (Wildman–Crippen LogP) is 2.45. The number of rotatable bonds is 9. The first kappa shape index (κ1) is 26.6. The zero-order valence-corrected chi connectivity index (χ0v) is 19.3. The van der Waals surface area contributed by atoms with Crippen molar-refractivity contribution in [3.8, 4) is 0 Å². The smallest absolute Gasteiger partial charge is 0.343 e. The van der Waals surface area contributed by atoms with E-state index >= 15 is 0 Å². The Kier molecular flexibility index (Phi) is 9.27. The molecule has 33 heavy (non-hydrogen) atoms. The molecule has 7 nitrogen and oxygen atoms in total. The van der Waals surface area contributed by atoms with E-state index in [0.29, 0.717) is 31.4 Å². The number of nitrogens with one attached hydrogen (secondary N) is 1. The van der Waals surface area contributed by atoms with Gasteiger partial charge in [0.25, 0.3) is 0 Å². The Morgan fingerprint density at radius 1 is 1.21 bits per heavy atom. The van der Waals surface area contributed by atoms with Gasteiger partial charge in [0, 0.05) is 25.7 Å². The molecule has 0 saturated carbocycles. The average molecular weight is 471 g/mol. The Morgan fingerprint density at radius 2 is 1.85 bits per heavy atom. The van der Waals surface area contributed by atoms with Gasteiger partial charge in [0.1, 0.15) is 6.04 Å². The number of hydrogen-bond donors (Lipinski definition) is 2. The molecule has 184 valence electrons. The van der Waals surface area contributed by atoms with E-state index in [9.17, 15) is 27.6 Å². The minimum atomic E-state index is -5.02. The first-order chi connectivity index (χ1) is 15.5. The van der Waals surface area contributed by atoms with Gasteiger partial charge in [0.05, 0.1) is 6.04 Å². The van der Waals surface area contributed by atoms with Crippen LogP contribution in [0.4, 0.5) is 13.2 Å². The summed E-state index contributed by atoms with van der Waals surface area (Å²) in [7, 11) is 0. The van der Waals surface area contributed by atoms with Crippen LogP contribution >= 0.6 is 0 Å². The fourth-order valence-electron chi connectivity index (χ4n) is 3.91. The molecule has 0 spiro atoms. The molecule has 2 rings (SSSR count). The van der Waals surface area contributed by atoms with Crippen LogP contribution in [0.15, 0.2) is 30.3 Å². The predicted molar refractivity (Wildman–Crippen MR) is 118 cm³/mol. The van der Waals surface area contributed by atoms with Crippen LogP contribution in [0, 0.1) is 5.92 Å². The van der Waals surface area contributed by atoms with Crippen molar-refractivity contribution in [2.45, 2.75) is 70.9 Å². The fourth-order valence-corrected chi connectivity index (χ4v) is 3.91. The Morgan fingerprint density at radius 3 is 2.39 bits per heavy atom. The molecular formula is C23H33F3N4O3. The van der Waals surface area contributed by atoms with Crippen LogP contribution in [0.25, 0.3) is 0 Å². The molecule has 3 atom stereocenters. The maximum Gasteiger partial charge on any atom is 0.471 e. The molecule has 1 saturated heterocycles. The molecule has 1 aromatic rings. The van der Waals surface area contributed by atoms with Crippen molar-refractivity contribution in [2.24, 2.45) is 11.7 Å². The zero-order chi connectivity index (χ0) is 24.8. The van der Waals surface area contributed by atoms with Crippen molar-refractivity contribution in [2.75, 3.05) is 13.1 Å². The summed E-state index contributed by atoms with van der Waals surface area (Å²) >= 11 is 0. The molecule has 1 aliphatic heterocycles. The van der Waals surface area contributed by atoms with E-state index in [2.05, 4.69) is 5.32 Å². The van der Waals surface area contributed by atoms with Crippen molar-refractivity contribution in [1.29, 1.82) is 0 Å². The van der Waals surface area contributed by atoms with Crippen LogP contribution in [0.5, 0.6) is 0 Å². The number of halogens is 3. The van der Waals surface area contributed by atoms with Gasteiger partial charge in [-0.25, -0.2) is 0 Å². The molecule has 1 heterocycles. The third-order valence-electron chi connectivity index (χ3n) is 5.84. The molecule has 0 bridgehead atoms. The zero-order valence-electron chi connectivity index (χ0n) is 19.3. The summed E-state index contributed by atoms with van der Waals surface area (Å²) in [5, 5.41) is 2.69. The summed E-state index contributed by atoms with van der Waals surface area (Å²) in [4.78, 5) is 40.0. The van der Waals surface area contributed by atoms with Crippen molar-refractivity contribution in [1.82, 2.24) is 15.1 Å². The lowest BCUT2D eigenvalue weighted by molar-refractivity contribution is -0.186. The van der Waals surface area contributed by atoms with Crippen molar-refractivity contribution in [3.63, 3.8) is 0 Å². The number of carbonyl (C=O) groups is 3. The van der Waals surface area contributed by atoms with Crippen molar-refractivity contribution < 1.29 is 27.6 Å². The van der Waals surface area contributed by atoms with Gasteiger partial charge in [-0.2, -0.15) is 13.2 Å². The Labute approximate surface area is 192 Å². The molecule has 3 amide bonds. The van der Waals surface area contributed by atoms with Gasteiger partial charge in [-0.1, -0.05) is 51.1 Å². The molecule has 1 aromatic carbocycles. The monoisotopic (exact) mass is 470 g/mol. The maximum atomic E-state index is 13.3. The second-order valence-corrected chi connectivity index (χ2v) is 8.74. The first-order valence-corrected chi connectivity index (χ1v) is 11.2. The number of likely N-dealkylation sites (tertiary alicyclic amines) is 1. The van der Waals surface area contributed by atoms with Crippen LogP contribution in [0.3, 0.4) is 0 Å². The number of carbonyl (C=O) groups excluding carboxylic acids is 3.